The summed E-state index contributed by atoms with van der Waals surface area (Å²) in [6, 6.07) is 9.24. The highest BCUT2D eigenvalue weighted by molar-refractivity contribution is 6.34. The van der Waals surface area contributed by atoms with Crippen molar-refractivity contribution in [2.24, 2.45) is 0 Å². The van der Waals surface area contributed by atoms with E-state index in [9.17, 15) is 9.18 Å². The van der Waals surface area contributed by atoms with Gasteiger partial charge in [-0.1, -0.05) is 41.4 Å². The molecule has 0 aliphatic heterocycles. The van der Waals surface area contributed by atoms with Gasteiger partial charge < -0.3 is 4.74 Å². The van der Waals surface area contributed by atoms with E-state index < -0.39 is 16.9 Å². The van der Waals surface area contributed by atoms with Crippen molar-refractivity contribution in [3.63, 3.8) is 0 Å². The van der Waals surface area contributed by atoms with Crippen LogP contribution in [0.5, 0.6) is 5.75 Å². The van der Waals surface area contributed by atoms with Gasteiger partial charge in [-0.3, -0.25) is 0 Å². The summed E-state index contributed by atoms with van der Waals surface area (Å²) in [5.74, 6) is -1.30. The van der Waals surface area contributed by atoms with Gasteiger partial charge in [-0.05, 0) is 18.2 Å². The second-order valence-corrected chi connectivity index (χ2v) is 4.02. The summed E-state index contributed by atoms with van der Waals surface area (Å²) in [6.07, 6.45) is 0. The molecule has 2 aromatic rings. The average molecular weight is 286 g/mol. The van der Waals surface area contributed by atoms with Crippen LogP contribution in [-0.2, 0) is 0 Å². The molecule has 0 spiro atoms. The number of hydrogen-bond donors (Lipinski definition) is 0. The third-order valence-electron chi connectivity index (χ3n) is 2.06. The molecule has 18 heavy (non-hydrogen) atoms. The zero-order valence-corrected chi connectivity index (χ0v) is 10.4. The van der Waals surface area contributed by atoms with E-state index >= 15 is 0 Å². The number of pyridine rings is 1. The smallest absolute Gasteiger partial charge is 0.346 e. The van der Waals surface area contributed by atoms with Crippen molar-refractivity contribution >= 4 is 29.2 Å². The molecule has 0 aliphatic rings. The summed E-state index contributed by atoms with van der Waals surface area (Å²) < 4.78 is 18.2. The van der Waals surface area contributed by atoms with Gasteiger partial charge in [0.05, 0.1) is 0 Å². The molecule has 0 amide bonds. The molecule has 0 atom stereocenters. The van der Waals surface area contributed by atoms with Gasteiger partial charge in [-0.25, -0.2) is 14.2 Å². The quantitative estimate of drug-likeness (QED) is 0.479. The molecule has 3 nitrogen and oxygen atoms in total. The van der Waals surface area contributed by atoms with Gasteiger partial charge >= 0.3 is 5.97 Å². The number of rotatable bonds is 2. The number of para-hydroxylation sites is 1. The monoisotopic (exact) mass is 285 g/mol. The van der Waals surface area contributed by atoms with E-state index in [1.54, 1.807) is 30.3 Å². The lowest BCUT2D eigenvalue weighted by atomic mass is 10.3. The van der Waals surface area contributed by atoms with Crippen molar-refractivity contribution in [2.45, 2.75) is 0 Å². The van der Waals surface area contributed by atoms with Crippen LogP contribution in [0, 0.1) is 5.82 Å². The molecule has 0 unspecified atom stereocenters. The molecule has 2 rings (SSSR count). The van der Waals surface area contributed by atoms with Gasteiger partial charge in [0.25, 0.3) is 0 Å². The van der Waals surface area contributed by atoms with Crippen LogP contribution in [0.1, 0.15) is 10.4 Å². The van der Waals surface area contributed by atoms with E-state index in [1.807, 2.05) is 0 Å². The number of carbonyl (C=O) groups excluding carboxylic acids is 1. The number of aromatic nitrogens is 1. The van der Waals surface area contributed by atoms with Crippen molar-refractivity contribution in [3.05, 3.63) is 58.1 Å². The van der Waals surface area contributed by atoms with E-state index in [1.165, 1.54) is 0 Å². The lowest BCUT2D eigenvalue weighted by Crippen LogP contribution is -2.10. The zero-order chi connectivity index (χ0) is 13.1. The van der Waals surface area contributed by atoms with E-state index in [-0.39, 0.29) is 10.7 Å². The summed E-state index contributed by atoms with van der Waals surface area (Å²) >= 11 is 11.1. The number of carbonyl (C=O) groups is 1. The highest BCUT2D eigenvalue weighted by Gasteiger charge is 2.17. The summed E-state index contributed by atoms with van der Waals surface area (Å²) in [5.41, 5.74) is -0.178. The van der Waals surface area contributed by atoms with Crippen LogP contribution in [0.2, 0.25) is 10.3 Å². The largest absolute Gasteiger partial charge is 0.423 e. The maximum absolute atomic E-state index is 13.2. The molecule has 6 heteroatoms. The Morgan fingerprint density at radius 2 is 1.83 bits per heavy atom. The predicted octanol–water partition coefficient (Wildman–Crippen LogP) is 3.75. The minimum absolute atomic E-state index is 0.178. The zero-order valence-electron chi connectivity index (χ0n) is 8.86. The number of hydrogen-bond acceptors (Lipinski definition) is 3. The molecule has 0 aliphatic carbocycles. The van der Waals surface area contributed by atoms with Gasteiger partial charge in [0.2, 0.25) is 0 Å². The van der Waals surface area contributed by atoms with Gasteiger partial charge in [0.1, 0.15) is 16.5 Å². The molecular weight excluding hydrogens is 280 g/mol. The van der Waals surface area contributed by atoms with E-state index in [4.69, 9.17) is 27.9 Å². The maximum atomic E-state index is 13.2. The SMILES string of the molecule is O=C(Oc1ccccc1)c1cc(F)c(Cl)nc1Cl. The first-order valence-corrected chi connectivity index (χ1v) is 5.62. The number of benzene rings is 1. The summed E-state index contributed by atoms with van der Waals surface area (Å²) in [5, 5.41) is -0.599. The van der Waals surface area contributed by atoms with Crippen molar-refractivity contribution in [2.75, 3.05) is 0 Å². The maximum Gasteiger partial charge on any atom is 0.346 e. The molecule has 1 aromatic carbocycles. The second kappa shape index (κ2) is 5.33. The first-order chi connectivity index (χ1) is 8.58. The van der Waals surface area contributed by atoms with Crippen molar-refractivity contribution < 1.29 is 13.9 Å². The highest BCUT2D eigenvalue weighted by Crippen LogP contribution is 2.22. The molecule has 0 saturated carbocycles. The fourth-order valence-corrected chi connectivity index (χ4v) is 1.64. The number of ether oxygens (including phenoxy) is 1. The summed E-state index contributed by atoms with van der Waals surface area (Å²) in [6.45, 7) is 0. The Kier molecular flexibility index (Phi) is 3.79. The van der Waals surface area contributed by atoms with Gasteiger partial charge in [-0.2, -0.15) is 0 Å². The fraction of sp³-hybridized carbons (Fsp3) is 0. The third-order valence-corrected chi connectivity index (χ3v) is 2.61. The lowest BCUT2D eigenvalue weighted by Gasteiger charge is -2.05. The van der Waals surface area contributed by atoms with E-state index in [2.05, 4.69) is 4.98 Å². The molecule has 1 aromatic heterocycles. The van der Waals surface area contributed by atoms with Crippen LogP contribution in [0.3, 0.4) is 0 Å². The van der Waals surface area contributed by atoms with E-state index in [0.29, 0.717) is 5.75 Å². The molecule has 92 valence electrons. The fourth-order valence-electron chi connectivity index (χ4n) is 1.24. The molecule has 0 radical (unpaired) electrons. The first kappa shape index (κ1) is 12.8. The lowest BCUT2D eigenvalue weighted by molar-refractivity contribution is 0.0734. The van der Waals surface area contributed by atoms with Crippen molar-refractivity contribution in [1.29, 1.82) is 0 Å². The molecule has 0 N–H and O–H groups in total. The average Bonchev–Trinajstić information content (AvgIpc) is 2.35. The van der Waals surface area contributed by atoms with Gasteiger partial charge in [0.15, 0.2) is 11.0 Å². The molecule has 0 bridgehead atoms. The molecular formula is C12H6Cl2FNO2. The van der Waals surface area contributed by atoms with Crippen LogP contribution in [0.4, 0.5) is 4.39 Å². The van der Waals surface area contributed by atoms with E-state index in [0.717, 1.165) is 6.07 Å². The predicted molar refractivity (Wildman–Crippen MR) is 65.6 cm³/mol. The normalized spacial score (nSPS) is 10.2. The number of esters is 1. The number of halogens is 3. The van der Waals surface area contributed by atoms with Crippen LogP contribution in [0.15, 0.2) is 36.4 Å². The van der Waals surface area contributed by atoms with Crippen molar-refractivity contribution in [3.8, 4) is 5.75 Å². The van der Waals surface area contributed by atoms with Crippen LogP contribution >= 0.6 is 23.2 Å². The molecule has 0 saturated heterocycles. The highest BCUT2D eigenvalue weighted by atomic mass is 35.5. The second-order valence-electron chi connectivity index (χ2n) is 3.30. The minimum Gasteiger partial charge on any atom is -0.423 e. The van der Waals surface area contributed by atoms with Crippen molar-refractivity contribution in [1.82, 2.24) is 4.98 Å². The van der Waals surface area contributed by atoms with Crippen LogP contribution in [0.25, 0.3) is 0 Å². The topological polar surface area (TPSA) is 39.2 Å². The van der Waals surface area contributed by atoms with Gasteiger partial charge in [0, 0.05) is 0 Å². The summed E-state index contributed by atoms with van der Waals surface area (Å²) in [7, 11) is 0. The molecule has 1 heterocycles. The molecule has 0 fully saturated rings. The Hall–Kier alpha value is -1.65. The van der Waals surface area contributed by atoms with Gasteiger partial charge in [-0.15, -0.1) is 0 Å². The minimum atomic E-state index is -0.832. The Labute approximate surface area is 112 Å². The van der Waals surface area contributed by atoms with Crippen LogP contribution < -0.4 is 4.74 Å². The Balaban J connectivity index is 2.27. The first-order valence-electron chi connectivity index (χ1n) is 4.86. The standard InChI is InChI=1S/C12H6Cl2FNO2/c13-10-8(6-9(15)11(14)16-10)12(17)18-7-4-2-1-3-5-7/h1-6H. The number of nitrogens with zero attached hydrogens (tertiary/aromatic N) is 1. The Morgan fingerprint density at radius 1 is 1.17 bits per heavy atom. The Morgan fingerprint density at radius 3 is 2.50 bits per heavy atom. The summed E-state index contributed by atoms with van der Waals surface area (Å²) in [4.78, 5) is 15.2. The Bertz CT molecular complexity index is 590. The van der Waals surface area contributed by atoms with Crippen LogP contribution in [-0.4, -0.2) is 11.0 Å². The third kappa shape index (κ3) is 2.78.